The molecule has 0 atom stereocenters. The predicted octanol–water partition coefficient (Wildman–Crippen LogP) is 1.29. The number of nitrogens with one attached hydrogen (secondary N) is 1. The third-order valence-electron chi connectivity index (χ3n) is 3.03. The molecule has 2 rings (SSSR count). The number of nitrogens with zero attached hydrogens (tertiary/aromatic N) is 2. The van der Waals surface area contributed by atoms with Crippen molar-refractivity contribution in [2.75, 3.05) is 26.3 Å². The SMILES string of the molecule is CC1(CNCCCCn2ccnc2)COC1. The van der Waals surface area contributed by atoms with Gasteiger partial charge in [0.1, 0.15) is 0 Å². The third-order valence-corrected chi connectivity index (χ3v) is 3.03. The number of ether oxygens (including phenoxy) is 1. The van der Waals surface area contributed by atoms with E-state index in [1.807, 2.05) is 18.7 Å². The number of aryl methyl sites for hydroxylation is 1. The number of unbranched alkanes of at least 4 members (excludes halogenated alkanes) is 1. The van der Waals surface area contributed by atoms with Crippen molar-refractivity contribution in [3.8, 4) is 0 Å². The average Bonchev–Trinajstić information content (AvgIpc) is 2.73. The van der Waals surface area contributed by atoms with Crippen LogP contribution in [-0.4, -0.2) is 35.9 Å². The molecule has 1 aliphatic rings. The maximum absolute atomic E-state index is 5.21. The molecule has 1 fully saturated rings. The van der Waals surface area contributed by atoms with Gasteiger partial charge in [0.2, 0.25) is 0 Å². The Bertz CT molecular complexity index is 293. The average molecular weight is 223 g/mol. The Kier molecular flexibility index (Phi) is 3.96. The highest BCUT2D eigenvalue weighted by molar-refractivity contribution is 4.82. The van der Waals surface area contributed by atoms with Crippen molar-refractivity contribution in [2.24, 2.45) is 5.41 Å². The summed E-state index contributed by atoms with van der Waals surface area (Å²) in [6.07, 6.45) is 8.14. The Morgan fingerprint density at radius 3 is 2.94 bits per heavy atom. The first-order chi connectivity index (χ1) is 7.79. The van der Waals surface area contributed by atoms with E-state index in [4.69, 9.17) is 4.74 Å². The van der Waals surface area contributed by atoms with E-state index in [0.717, 1.165) is 32.8 Å². The molecule has 1 aliphatic heterocycles. The molecule has 0 radical (unpaired) electrons. The van der Waals surface area contributed by atoms with E-state index in [2.05, 4.69) is 21.8 Å². The van der Waals surface area contributed by atoms with Gasteiger partial charge in [-0.1, -0.05) is 6.92 Å². The lowest BCUT2D eigenvalue weighted by molar-refractivity contribution is -0.0989. The Labute approximate surface area is 97.0 Å². The summed E-state index contributed by atoms with van der Waals surface area (Å²) >= 11 is 0. The summed E-state index contributed by atoms with van der Waals surface area (Å²) in [5.74, 6) is 0. The summed E-state index contributed by atoms with van der Waals surface area (Å²) in [7, 11) is 0. The third kappa shape index (κ3) is 3.32. The molecule has 0 saturated carbocycles. The van der Waals surface area contributed by atoms with E-state index in [0.29, 0.717) is 5.41 Å². The van der Waals surface area contributed by atoms with Gasteiger partial charge in [-0.15, -0.1) is 0 Å². The molecule has 2 heterocycles. The summed E-state index contributed by atoms with van der Waals surface area (Å²) in [6, 6.07) is 0. The number of imidazole rings is 1. The molecule has 4 nitrogen and oxygen atoms in total. The number of hydrogen-bond donors (Lipinski definition) is 1. The van der Waals surface area contributed by atoms with Crippen LogP contribution >= 0.6 is 0 Å². The van der Waals surface area contributed by atoms with Gasteiger partial charge in [-0.2, -0.15) is 0 Å². The van der Waals surface area contributed by atoms with Crippen LogP contribution in [0.1, 0.15) is 19.8 Å². The Morgan fingerprint density at radius 1 is 1.44 bits per heavy atom. The molecule has 1 aromatic rings. The Morgan fingerprint density at radius 2 is 2.31 bits per heavy atom. The first-order valence-electron chi connectivity index (χ1n) is 6.03. The number of aromatic nitrogens is 2. The molecule has 0 amide bonds. The van der Waals surface area contributed by atoms with Crippen LogP contribution in [0.3, 0.4) is 0 Å². The van der Waals surface area contributed by atoms with Gasteiger partial charge in [0.15, 0.2) is 0 Å². The van der Waals surface area contributed by atoms with Crippen LogP contribution in [0.25, 0.3) is 0 Å². The van der Waals surface area contributed by atoms with E-state index in [9.17, 15) is 0 Å². The second-order valence-electron chi connectivity index (χ2n) is 4.99. The summed E-state index contributed by atoms with van der Waals surface area (Å²) in [6.45, 7) is 7.35. The van der Waals surface area contributed by atoms with Crippen molar-refractivity contribution in [2.45, 2.75) is 26.3 Å². The van der Waals surface area contributed by atoms with Gasteiger partial charge in [-0.3, -0.25) is 0 Å². The van der Waals surface area contributed by atoms with Crippen LogP contribution in [0.2, 0.25) is 0 Å². The zero-order chi connectivity index (χ0) is 11.3. The fraction of sp³-hybridized carbons (Fsp3) is 0.750. The van der Waals surface area contributed by atoms with E-state index in [-0.39, 0.29) is 0 Å². The van der Waals surface area contributed by atoms with Crippen molar-refractivity contribution < 1.29 is 4.74 Å². The molecule has 90 valence electrons. The van der Waals surface area contributed by atoms with Gasteiger partial charge in [0.25, 0.3) is 0 Å². The zero-order valence-corrected chi connectivity index (χ0v) is 9.98. The quantitative estimate of drug-likeness (QED) is 0.708. The first kappa shape index (κ1) is 11.6. The van der Waals surface area contributed by atoms with Gasteiger partial charge < -0.3 is 14.6 Å². The monoisotopic (exact) mass is 223 g/mol. The molecular formula is C12H21N3O. The minimum atomic E-state index is 0.393. The molecule has 0 unspecified atom stereocenters. The smallest absolute Gasteiger partial charge is 0.0945 e. The topological polar surface area (TPSA) is 39.1 Å². The first-order valence-corrected chi connectivity index (χ1v) is 6.03. The maximum atomic E-state index is 5.21. The van der Waals surface area contributed by atoms with E-state index < -0.39 is 0 Å². The van der Waals surface area contributed by atoms with E-state index >= 15 is 0 Å². The van der Waals surface area contributed by atoms with Gasteiger partial charge >= 0.3 is 0 Å². The predicted molar refractivity (Wildman–Crippen MR) is 63.3 cm³/mol. The van der Waals surface area contributed by atoms with Gasteiger partial charge in [0.05, 0.1) is 19.5 Å². The van der Waals surface area contributed by atoms with Crippen LogP contribution in [0.4, 0.5) is 0 Å². The Balaban J connectivity index is 1.46. The Hall–Kier alpha value is -0.870. The molecule has 1 aromatic heterocycles. The molecule has 1 saturated heterocycles. The molecule has 1 N–H and O–H groups in total. The van der Waals surface area contributed by atoms with Crippen molar-refractivity contribution in [1.82, 2.24) is 14.9 Å². The standard InChI is InChI=1S/C12H21N3O/c1-12(9-16-10-12)8-13-4-2-3-6-15-7-5-14-11-15/h5,7,11,13H,2-4,6,8-10H2,1H3. The largest absolute Gasteiger partial charge is 0.380 e. The maximum Gasteiger partial charge on any atom is 0.0945 e. The second-order valence-corrected chi connectivity index (χ2v) is 4.99. The second kappa shape index (κ2) is 5.46. The van der Waals surface area contributed by atoms with Gasteiger partial charge in [0, 0.05) is 30.9 Å². The van der Waals surface area contributed by atoms with Crippen molar-refractivity contribution in [3.63, 3.8) is 0 Å². The van der Waals surface area contributed by atoms with E-state index in [1.54, 1.807) is 0 Å². The lowest BCUT2D eigenvalue weighted by atomic mass is 9.89. The van der Waals surface area contributed by atoms with Crippen LogP contribution in [-0.2, 0) is 11.3 Å². The van der Waals surface area contributed by atoms with Crippen LogP contribution in [0.5, 0.6) is 0 Å². The minimum absolute atomic E-state index is 0.393. The number of hydrogen-bond acceptors (Lipinski definition) is 3. The van der Waals surface area contributed by atoms with Crippen LogP contribution in [0.15, 0.2) is 18.7 Å². The molecule has 0 bridgehead atoms. The van der Waals surface area contributed by atoms with Crippen molar-refractivity contribution >= 4 is 0 Å². The highest BCUT2D eigenvalue weighted by Gasteiger charge is 2.32. The molecule has 0 aliphatic carbocycles. The van der Waals surface area contributed by atoms with Crippen molar-refractivity contribution in [1.29, 1.82) is 0 Å². The normalized spacial score (nSPS) is 18.3. The summed E-state index contributed by atoms with van der Waals surface area (Å²) < 4.78 is 7.34. The van der Waals surface area contributed by atoms with Gasteiger partial charge in [-0.25, -0.2) is 4.98 Å². The summed E-state index contributed by atoms with van der Waals surface area (Å²) in [5, 5.41) is 3.50. The fourth-order valence-electron chi connectivity index (χ4n) is 1.91. The number of rotatable bonds is 7. The zero-order valence-electron chi connectivity index (χ0n) is 9.98. The molecule has 0 aromatic carbocycles. The summed E-state index contributed by atoms with van der Waals surface area (Å²) in [5.41, 5.74) is 0.393. The van der Waals surface area contributed by atoms with Crippen LogP contribution < -0.4 is 5.32 Å². The highest BCUT2D eigenvalue weighted by Crippen LogP contribution is 2.24. The fourth-order valence-corrected chi connectivity index (χ4v) is 1.91. The highest BCUT2D eigenvalue weighted by atomic mass is 16.5. The molecule has 0 spiro atoms. The summed E-state index contributed by atoms with van der Waals surface area (Å²) in [4.78, 5) is 4.02. The lowest BCUT2D eigenvalue weighted by Crippen LogP contribution is -2.47. The van der Waals surface area contributed by atoms with Gasteiger partial charge in [-0.05, 0) is 19.4 Å². The molecule has 4 heteroatoms. The lowest BCUT2D eigenvalue weighted by Gasteiger charge is -2.38. The minimum Gasteiger partial charge on any atom is -0.380 e. The van der Waals surface area contributed by atoms with Crippen molar-refractivity contribution in [3.05, 3.63) is 18.7 Å². The molecular weight excluding hydrogens is 202 g/mol. The van der Waals surface area contributed by atoms with E-state index in [1.165, 1.54) is 12.8 Å². The van der Waals surface area contributed by atoms with Crippen LogP contribution in [0, 0.1) is 5.41 Å². The molecule has 16 heavy (non-hydrogen) atoms.